The highest BCUT2D eigenvalue weighted by atomic mass is 19.4. The maximum atomic E-state index is 14.0. The molecule has 2 unspecified atom stereocenters. The molecule has 0 heterocycles. The van der Waals surface area contributed by atoms with Crippen LogP contribution in [-0.4, -0.2) is 54.2 Å². The first kappa shape index (κ1) is 28.0. The van der Waals surface area contributed by atoms with Gasteiger partial charge in [-0.2, -0.15) is 26.3 Å². The number of hydrogen-bond donors (Lipinski definition) is 3. The number of aryl methyl sites for hydroxylation is 1. The minimum absolute atomic E-state index is 0.129. The summed E-state index contributed by atoms with van der Waals surface area (Å²) in [5.41, 5.74) is -10.2. The SMILES string of the molecule is CCOC(=O)C(NC(C)=O)(Nc1cc(C(O)(C(=O)OCC)C(F)(F)F)ccc1C)C(F)(F)F. The molecule has 0 aromatic heterocycles. The van der Waals surface area contributed by atoms with Crippen LogP contribution < -0.4 is 10.6 Å². The van der Waals surface area contributed by atoms with Crippen molar-refractivity contribution in [2.24, 2.45) is 0 Å². The van der Waals surface area contributed by atoms with Gasteiger partial charge >= 0.3 is 30.0 Å². The Bertz CT molecular complexity index is 904. The highest BCUT2D eigenvalue weighted by Gasteiger charge is 2.64. The largest absolute Gasteiger partial charge is 0.463 e. The number of rotatable bonds is 8. The number of carbonyl (C=O) groups excluding carboxylic acids is 3. The molecule has 8 nitrogen and oxygen atoms in total. The molecule has 1 aromatic rings. The van der Waals surface area contributed by atoms with Crippen LogP contribution in [0.15, 0.2) is 18.2 Å². The zero-order valence-corrected chi connectivity index (χ0v) is 17.9. The quantitative estimate of drug-likeness (QED) is 0.293. The van der Waals surface area contributed by atoms with Crippen molar-refractivity contribution in [2.45, 2.75) is 51.3 Å². The van der Waals surface area contributed by atoms with Crippen molar-refractivity contribution < 1.29 is 55.3 Å². The number of nitrogens with one attached hydrogen (secondary N) is 2. The van der Waals surface area contributed by atoms with Crippen molar-refractivity contribution in [1.82, 2.24) is 5.32 Å². The van der Waals surface area contributed by atoms with E-state index in [-0.39, 0.29) is 5.56 Å². The van der Waals surface area contributed by atoms with Crippen LogP contribution in [0.3, 0.4) is 0 Å². The maximum Gasteiger partial charge on any atom is 0.441 e. The number of carbonyl (C=O) groups is 3. The van der Waals surface area contributed by atoms with Crippen molar-refractivity contribution in [3.63, 3.8) is 0 Å². The van der Waals surface area contributed by atoms with Crippen LogP contribution in [0.1, 0.15) is 31.9 Å². The Hall–Kier alpha value is -3.03. The number of alkyl halides is 6. The van der Waals surface area contributed by atoms with Crippen molar-refractivity contribution in [3.05, 3.63) is 29.3 Å². The van der Waals surface area contributed by atoms with E-state index in [0.717, 1.165) is 6.07 Å². The van der Waals surface area contributed by atoms with Crippen LogP contribution >= 0.6 is 0 Å². The second-order valence-corrected chi connectivity index (χ2v) is 6.73. The lowest BCUT2D eigenvalue weighted by Crippen LogP contribution is -2.69. The van der Waals surface area contributed by atoms with Crippen LogP contribution in [0.2, 0.25) is 0 Å². The molecule has 0 aliphatic rings. The van der Waals surface area contributed by atoms with E-state index < -0.39 is 65.9 Å². The fourth-order valence-corrected chi connectivity index (χ4v) is 2.71. The third-order valence-electron chi connectivity index (χ3n) is 4.33. The molecule has 0 aliphatic carbocycles. The predicted molar refractivity (Wildman–Crippen MR) is 101 cm³/mol. The molecule has 0 spiro atoms. The number of esters is 2. The number of hydrogen-bond acceptors (Lipinski definition) is 7. The number of anilines is 1. The zero-order chi connectivity index (χ0) is 25.8. The predicted octanol–water partition coefficient (Wildman–Crippen LogP) is 2.68. The number of benzene rings is 1. The van der Waals surface area contributed by atoms with E-state index in [0.29, 0.717) is 19.1 Å². The van der Waals surface area contributed by atoms with Gasteiger partial charge in [0.2, 0.25) is 5.91 Å². The topological polar surface area (TPSA) is 114 Å². The highest BCUT2D eigenvalue weighted by Crippen LogP contribution is 2.42. The van der Waals surface area contributed by atoms with Gasteiger partial charge in [-0.05, 0) is 32.4 Å². The summed E-state index contributed by atoms with van der Waals surface area (Å²) in [5, 5.41) is 13.3. The van der Waals surface area contributed by atoms with Gasteiger partial charge in [-0.25, -0.2) is 9.59 Å². The van der Waals surface area contributed by atoms with Crippen molar-refractivity contribution in [2.75, 3.05) is 18.5 Å². The molecule has 14 heteroatoms. The van der Waals surface area contributed by atoms with E-state index in [1.807, 2.05) is 0 Å². The number of halogens is 6. The van der Waals surface area contributed by atoms with E-state index in [1.54, 1.807) is 5.32 Å². The monoisotopic (exact) mass is 488 g/mol. The van der Waals surface area contributed by atoms with Crippen molar-refractivity contribution in [1.29, 1.82) is 0 Å². The average Bonchev–Trinajstić information content (AvgIpc) is 2.66. The van der Waals surface area contributed by atoms with Gasteiger partial charge in [0.1, 0.15) is 0 Å². The van der Waals surface area contributed by atoms with Crippen LogP contribution in [0.25, 0.3) is 0 Å². The fourth-order valence-electron chi connectivity index (χ4n) is 2.71. The van der Waals surface area contributed by atoms with E-state index in [4.69, 9.17) is 0 Å². The van der Waals surface area contributed by atoms with Gasteiger partial charge in [0, 0.05) is 18.2 Å². The lowest BCUT2D eigenvalue weighted by atomic mass is 9.91. The van der Waals surface area contributed by atoms with Gasteiger partial charge in [0.05, 0.1) is 13.2 Å². The fraction of sp³-hybridized carbons (Fsp3) is 0.526. The number of ether oxygens (including phenoxy) is 2. The lowest BCUT2D eigenvalue weighted by molar-refractivity contribution is -0.267. The average molecular weight is 488 g/mol. The molecule has 186 valence electrons. The smallest absolute Gasteiger partial charge is 0.441 e. The Labute approximate surface area is 184 Å². The molecular weight excluding hydrogens is 466 g/mol. The van der Waals surface area contributed by atoms with Gasteiger partial charge in [-0.3, -0.25) is 4.79 Å². The molecule has 0 radical (unpaired) electrons. The molecule has 0 fully saturated rings. The van der Waals surface area contributed by atoms with Crippen LogP contribution in [0.4, 0.5) is 32.0 Å². The molecule has 1 rings (SSSR count). The Morgan fingerprint density at radius 2 is 1.45 bits per heavy atom. The zero-order valence-electron chi connectivity index (χ0n) is 17.9. The minimum atomic E-state index is -5.62. The van der Waals surface area contributed by atoms with Gasteiger partial charge in [0.15, 0.2) is 0 Å². The first-order valence-corrected chi connectivity index (χ1v) is 9.36. The summed E-state index contributed by atoms with van der Waals surface area (Å²) < 4.78 is 91.6. The molecule has 2 atom stereocenters. The Morgan fingerprint density at radius 3 is 1.88 bits per heavy atom. The molecule has 0 aliphatic heterocycles. The minimum Gasteiger partial charge on any atom is -0.463 e. The molecule has 0 bridgehead atoms. The third kappa shape index (κ3) is 5.49. The highest BCUT2D eigenvalue weighted by molar-refractivity contribution is 5.91. The molecule has 0 saturated carbocycles. The maximum absolute atomic E-state index is 14.0. The van der Waals surface area contributed by atoms with Gasteiger partial charge in [-0.15, -0.1) is 0 Å². The van der Waals surface area contributed by atoms with Gasteiger partial charge < -0.3 is 25.2 Å². The Kier molecular flexibility index (Phi) is 8.36. The summed E-state index contributed by atoms with van der Waals surface area (Å²) in [6, 6.07) is 1.91. The van der Waals surface area contributed by atoms with E-state index in [9.17, 15) is 45.8 Å². The second kappa shape index (κ2) is 9.85. The molecule has 1 amide bonds. The molecule has 3 N–H and O–H groups in total. The molecule has 33 heavy (non-hydrogen) atoms. The Morgan fingerprint density at radius 1 is 0.939 bits per heavy atom. The van der Waals surface area contributed by atoms with Crippen LogP contribution in [-0.2, 0) is 29.5 Å². The number of aliphatic hydroxyl groups is 1. The van der Waals surface area contributed by atoms with E-state index in [1.165, 1.54) is 26.1 Å². The summed E-state index contributed by atoms with van der Waals surface area (Å²) in [7, 11) is 0. The lowest BCUT2D eigenvalue weighted by Gasteiger charge is -2.36. The molecular formula is C19H22F6N2O6. The summed E-state index contributed by atoms with van der Waals surface area (Å²) in [6.07, 6.45) is -11.2. The normalized spacial score (nSPS) is 15.6. The summed E-state index contributed by atoms with van der Waals surface area (Å²) in [5.74, 6) is -5.42. The summed E-state index contributed by atoms with van der Waals surface area (Å²) in [4.78, 5) is 35.7. The van der Waals surface area contributed by atoms with Crippen LogP contribution in [0, 0.1) is 6.92 Å². The summed E-state index contributed by atoms with van der Waals surface area (Å²) in [6.45, 7) is 3.17. The van der Waals surface area contributed by atoms with Crippen molar-refractivity contribution in [3.8, 4) is 0 Å². The third-order valence-corrected chi connectivity index (χ3v) is 4.33. The standard InChI is InChI=1S/C19H22F6N2O6/c1-5-32-14(29)16(31,18(20,21)22)12-8-7-10(3)13(9-12)27-17(19(23,24)25,26-11(4)28)15(30)33-6-2/h7-9,27,31H,5-6H2,1-4H3,(H,26,28). The van der Waals surface area contributed by atoms with Gasteiger partial charge in [0.25, 0.3) is 5.60 Å². The van der Waals surface area contributed by atoms with Crippen molar-refractivity contribution >= 4 is 23.5 Å². The number of amides is 1. The van der Waals surface area contributed by atoms with Gasteiger partial charge in [-0.1, -0.05) is 12.1 Å². The molecule has 0 saturated heterocycles. The Balaban J connectivity index is 3.78. The second-order valence-electron chi connectivity index (χ2n) is 6.73. The van der Waals surface area contributed by atoms with E-state index in [2.05, 4.69) is 9.47 Å². The van der Waals surface area contributed by atoms with E-state index >= 15 is 0 Å². The first-order chi connectivity index (χ1) is 15.0. The first-order valence-electron chi connectivity index (χ1n) is 9.36. The molecule has 1 aromatic carbocycles. The summed E-state index contributed by atoms with van der Waals surface area (Å²) >= 11 is 0. The van der Waals surface area contributed by atoms with Crippen LogP contribution in [0.5, 0.6) is 0 Å².